The van der Waals surface area contributed by atoms with Gasteiger partial charge in [-0.3, -0.25) is 4.79 Å². The number of ketones is 1. The average molecular weight is 306 g/mol. The Morgan fingerprint density at radius 3 is 2.65 bits per heavy atom. The predicted molar refractivity (Wildman–Crippen MR) is 90.4 cm³/mol. The van der Waals surface area contributed by atoms with Crippen molar-refractivity contribution < 1.29 is 9.90 Å². The minimum Gasteiger partial charge on any atom is -0.508 e. The van der Waals surface area contributed by atoms with Crippen LogP contribution in [-0.4, -0.2) is 10.9 Å². The van der Waals surface area contributed by atoms with E-state index in [1.165, 1.54) is 0 Å². The highest BCUT2D eigenvalue weighted by Gasteiger charge is 2.31. The largest absolute Gasteiger partial charge is 0.508 e. The fourth-order valence-electron chi connectivity index (χ4n) is 3.39. The van der Waals surface area contributed by atoms with Gasteiger partial charge in [0, 0.05) is 17.7 Å². The van der Waals surface area contributed by atoms with Gasteiger partial charge in [0.15, 0.2) is 5.78 Å². The molecule has 0 radical (unpaired) electrons. The Hall–Kier alpha value is -2.75. The van der Waals surface area contributed by atoms with Crippen LogP contribution in [0.5, 0.6) is 5.75 Å². The normalized spacial score (nSPS) is 20.0. The number of phenolic OH excluding ortho intramolecular Hbond substituents is 1. The zero-order chi connectivity index (χ0) is 15.8. The molecular weight excluding hydrogens is 288 g/mol. The van der Waals surface area contributed by atoms with Crippen molar-refractivity contribution in [2.24, 2.45) is 0 Å². The van der Waals surface area contributed by atoms with Gasteiger partial charge in [-0.25, -0.2) is 0 Å². The molecule has 0 spiro atoms. The molecule has 1 atom stereocenters. The summed E-state index contributed by atoms with van der Waals surface area (Å²) in [6.45, 7) is 0. The number of benzene rings is 2. The molecule has 116 valence electrons. The molecule has 2 aliphatic rings. The van der Waals surface area contributed by atoms with Crippen LogP contribution in [0.2, 0.25) is 0 Å². The maximum atomic E-state index is 12.6. The van der Waals surface area contributed by atoms with Crippen LogP contribution in [0.25, 0.3) is 0 Å². The summed E-state index contributed by atoms with van der Waals surface area (Å²) in [5, 5.41) is 16.7. The van der Waals surface area contributed by atoms with E-state index in [2.05, 4.69) is 10.6 Å². The van der Waals surface area contributed by atoms with Gasteiger partial charge >= 0.3 is 0 Å². The van der Waals surface area contributed by atoms with E-state index in [4.69, 9.17) is 0 Å². The maximum Gasteiger partial charge on any atom is 0.163 e. The van der Waals surface area contributed by atoms with Crippen LogP contribution in [0.15, 0.2) is 59.8 Å². The summed E-state index contributed by atoms with van der Waals surface area (Å²) in [5.74, 6) is 0.382. The standard InChI is InChI=1S/C19H18N2O2/c22-13-6-3-5-12(11-13)19-18-16(9-4-10-17(18)23)20-14-7-1-2-8-15(14)21-19/h1-3,5-8,11,19-22H,4,9-10H2. The third-order valence-corrected chi connectivity index (χ3v) is 4.46. The van der Waals surface area contributed by atoms with E-state index in [1.807, 2.05) is 36.4 Å². The number of hydrogen-bond donors (Lipinski definition) is 3. The molecule has 3 N–H and O–H groups in total. The number of phenols is 1. The van der Waals surface area contributed by atoms with Crippen molar-refractivity contribution in [2.75, 3.05) is 10.6 Å². The minimum absolute atomic E-state index is 0.174. The molecule has 0 bridgehead atoms. The molecule has 0 saturated heterocycles. The fourth-order valence-corrected chi connectivity index (χ4v) is 3.39. The molecule has 0 fully saturated rings. The van der Waals surface area contributed by atoms with Crippen LogP contribution < -0.4 is 10.6 Å². The number of hydrogen-bond acceptors (Lipinski definition) is 4. The van der Waals surface area contributed by atoms with Crippen LogP contribution in [0.3, 0.4) is 0 Å². The van der Waals surface area contributed by atoms with Crippen molar-refractivity contribution in [3.8, 4) is 5.75 Å². The third-order valence-electron chi connectivity index (χ3n) is 4.46. The number of Topliss-reactive ketones (excluding diaryl/α,β-unsaturated/α-hetero) is 1. The molecule has 23 heavy (non-hydrogen) atoms. The van der Waals surface area contributed by atoms with Crippen molar-refractivity contribution in [2.45, 2.75) is 25.3 Å². The number of nitrogens with one attached hydrogen (secondary N) is 2. The highest BCUT2D eigenvalue weighted by molar-refractivity contribution is 6.00. The first-order valence-corrected chi connectivity index (χ1v) is 7.90. The number of carbonyl (C=O) groups is 1. The van der Waals surface area contributed by atoms with Gasteiger partial charge in [0.2, 0.25) is 0 Å². The lowest BCUT2D eigenvalue weighted by Crippen LogP contribution is -2.23. The smallest absolute Gasteiger partial charge is 0.163 e. The van der Waals surface area contributed by atoms with Crippen molar-refractivity contribution in [1.82, 2.24) is 0 Å². The molecular formula is C19H18N2O2. The summed E-state index contributed by atoms with van der Waals surface area (Å²) >= 11 is 0. The lowest BCUT2D eigenvalue weighted by Gasteiger charge is -2.25. The van der Waals surface area contributed by atoms with Crippen LogP contribution in [0.4, 0.5) is 11.4 Å². The number of fused-ring (bicyclic) bond motifs is 1. The van der Waals surface area contributed by atoms with E-state index in [9.17, 15) is 9.90 Å². The summed E-state index contributed by atoms with van der Waals surface area (Å²) in [5.41, 5.74) is 4.62. The highest BCUT2D eigenvalue weighted by Crippen LogP contribution is 2.40. The first-order chi connectivity index (χ1) is 11.2. The van der Waals surface area contributed by atoms with Gasteiger partial charge in [-0.05, 0) is 42.7 Å². The lowest BCUT2D eigenvalue weighted by atomic mass is 9.86. The van der Waals surface area contributed by atoms with E-state index in [1.54, 1.807) is 12.1 Å². The summed E-state index contributed by atoms with van der Waals surface area (Å²) < 4.78 is 0. The van der Waals surface area contributed by atoms with Crippen LogP contribution in [0, 0.1) is 0 Å². The highest BCUT2D eigenvalue weighted by atomic mass is 16.3. The number of para-hydroxylation sites is 2. The zero-order valence-electron chi connectivity index (χ0n) is 12.7. The number of allylic oxidation sites excluding steroid dienone is 1. The molecule has 1 aliphatic carbocycles. The first kappa shape index (κ1) is 13.9. The molecule has 4 heteroatoms. The molecule has 0 amide bonds. The molecule has 1 heterocycles. The molecule has 4 nitrogen and oxygen atoms in total. The minimum atomic E-state index is -0.249. The predicted octanol–water partition coefficient (Wildman–Crippen LogP) is 3.98. The Kier molecular flexibility index (Phi) is 3.30. The van der Waals surface area contributed by atoms with Gasteiger partial charge < -0.3 is 15.7 Å². The quantitative estimate of drug-likeness (QED) is 0.746. The van der Waals surface area contributed by atoms with Crippen LogP contribution in [0.1, 0.15) is 30.9 Å². The summed E-state index contributed by atoms with van der Waals surface area (Å²) in [7, 11) is 0. The second-order valence-corrected chi connectivity index (χ2v) is 6.01. The first-order valence-electron chi connectivity index (χ1n) is 7.90. The van der Waals surface area contributed by atoms with E-state index >= 15 is 0 Å². The SMILES string of the molecule is O=C1CCCC2=C1C(c1cccc(O)c1)Nc1ccccc1N2. The van der Waals surface area contributed by atoms with Crippen molar-refractivity contribution >= 4 is 17.2 Å². The summed E-state index contributed by atoms with van der Waals surface area (Å²) in [6.07, 6.45) is 2.32. The van der Waals surface area contributed by atoms with Gasteiger partial charge in [0.25, 0.3) is 0 Å². The Morgan fingerprint density at radius 2 is 1.83 bits per heavy atom. The number of rotatable bonds is 1. The van der Waals surface area contributed by atoms with E-state index in [0.29, 0.717) is 6.42 Å². The van der Waals surface area contributed by atoms with Crippen molar-refractivity contribution in [3.05, 3.63) is 65.4 Å². The van der Waals surface area contributed by atoms with Crippen molar-refractivity contribution in [3.63, 3.8) is 0 Å². The lowest BCUT2D eigenvalue weighted by molar-refractivity contribution is -0.116. The Labute approximate surface area is 134 Å². The second kappa shape index (κ2) is 5.47. The molecule has 2 aromatic rings. The average Bonchev–Trinajstić information content (AvgIpc) is 2.72. The Morgan fingerprint density at radius 1 is 1.00 bits per heavy atom. The maximum absolute atomic E-state index is 12.6. The Balaban J connectivity index is 1.88. The number of carbonyl (C=O) groups excluding carboxylic acids is 1. The zero-order valence-corrected chi connectivity index (χ0v) is 12.7. The fraction of sp³-hybridized carbons (Fsp3) is 0.211. The molecule has 0 aromatic heterocycles. The number of anilines is 2. The van der Waals surface area contributed by atoms with E-state index < -0.39 is 0 Å². The van der Waals surface area contributed by atoms with Gasteiger partial charge in [-0.15, -0.1) is 0 Å². The van der Waals surface area contributed by atoms with Gasteiger partial charge in [0.1, 0.15) is 5.75 Å². The summed E-state index contributed by atoms with van der Waals surface area (Å²) in [6, 6.07) is 14.8. The van der Waals surface area contributed by atoms with Gasteiger partial charge in [0.05, 0.1) is 17.4 Å². The molecule has 1 aliphatic heterocycles. The van der Waals surface area contributed by atoms with E-state index in [0.717, 1.165) is 41.1 Å². The summed E-state index contributed by atoms with van der Waals surface area (Å²) in [4.78, 5) is 12.6. The topological polar surface area (TPSA) is 61.4 Å². The van der Waals surface area contributed by atoms with Crippen LogP contribution >= 0.6 is 0 Å². The van der Waals surface area contributed by atoms with Crippen molar-refractivity contribution in [1.29, 1.82) is 0 Å². The molecule has 2 aromatic carbocycles. The molecule has 0 saturated carbocycles. The van der Waals surface area contributed by atoms with Gasteiger partial charge in [-0.1, -0.05) is 24.3 Å². The van der Waals surface area contributed by atoms with E-state index in [-0.39, 0.29) is 17.6 Å². The Bertz CT molecular complexity index is 811. The van der Waals surface area contributed by atoms with Gasteiger partial charge in [-0.2, -0.15) is 0 Å². The molecule has 1 unspecified atom stereocenters. The number of aromatic hydroxyl groups is 1. The monoisotopic (exact) mass is 306 g/mol. The van der Waals surface area contributed by atoms with Crippen LogP contribution in [-0.2, 0) is 4.79 Å². The third kappa shape index (κ3) is 2.46. The molecule has 4 rings (SSSR count). The second-order valence-electron chi connectivity index (χ2n) is 6.01.